The summed E-state index contributed by atoms with van der Waals surface area (Å²) in [6, 6.07) is 19.5. The van der Waals surface area contributed by atoms with Crippen LogP contribution in [-0.4, -0.2) is 44.9 Å². The first-order valence-corrected chi connectivity index (χ1v) is 8.89. The van der Waals surface area contributed by atoms with Gasteiger partial charge in [0.1, 0.15) is 0 Å². The maximum absolute atomic E-state index is 12.8. The molecule has 132 valence electrons. The first-order chi connectivity index (χ1) is 12.7. The molecule has 3 aromatic rings. The second kappa shape index (κ2) is 7.14. The van der Waals surface area contributed by atoms with Crippen LogP contribution in [-0.2, 0) is 0 Å². The molecule has 4 rings (SSSR count). The molecular formula is C21H21N3O2. The number of aromatic nitrogens is 2. The fourth-order valence-electron chi connectivity index (χ4n) is 3.43. The van der Waals surface area contributed by atoms with Crippen LogP contribution in [0.25, 0.3) is 16.9 Å². The van der Waals surface area contributed by atoms with Crippen LogP contribution in [0.5, 0.6) is 0 Å². The monoisotopic (exact) mass is 347 g/mol. The van der Waals surface area contributed by atoms with Gasteiger partial charge in [-0.2, -0.15) is 5.10 Å². The number of carbonyl (C=O) groups is 1. The van der Waals surface area contributed by atoms with Crippen molar-refractivity contribution in [1.82, 2.24) is 14.7 Å². The van der Waals surface area contributed by atoms with E-state index in [4.69, 9.17) is 0 Å². The van der Waals surface area contributed by atoms with Crippen LogP contribution in [0.1, 0.15) is 23.2 Å². The fraction of sp³-hybridized carbons (Fsp3) is 0.238. The topological polar surface area (TPSA) is 58.4 Å². The Morgan fingerprint density at radius 3 is 2.73 bits per heavy atom. The van der Waals surface area contributed by atoms with Crippen molar-refractivity contribution in [2.24, 2.45) is 0 Å². The van der Waals surface area contributed by atoms with E-state index in [0.29, 0.717) is 18.7 Å². The van der Waals surface area contributed by atoms with Crippen LogP contribution in [0.4, 0.5) is 0 Å². The van der Waals surface area contributed by atoms with Crippen LogP contribution in [0, 0.1) is 0 Å². The Kier molecular flexibility index (Phi) is 4.54. The minimum atomic E-state index is -0.424. The minimum absolute atomic E-state index is 0.0426. The molecule has 0 spiro atoms. The van der Waals surface area contributed by atoms with Crippen molar-refractivity contribution in [3.05, 3.63) is 72.4 Å². The second-order valence-electron chi connectivity index (χ2n) is 6.59. The summed E-state index contributed by atoms with van der Waals surface area (Å²) in [6.07, 6.45) is 2.94. The minimum Gasteiger partial charge on any atom is -0.391 e. The third-order valence-corrected chi connectivity index (χ3v) is 4.73. The van der Waals surface area contributed by atoms with Crippen LogP contribution in [0.3, 0.4) is 0 Å². The van der Waals surface area contributed by atoms with E-state index >= 15 is 0 Å². The van der Waals surface area contributed by atoms with E-state index in [-0.39, 0.29) is 5.91 Å². The fourth-order valence-corrected chi connectivity index (χ4v) is 3.43. The highest BCUT2D eigenvalue weighted by Crippen LogP contribution is 2.23. The van der Waals surface area contributed by atoms with Gasteiger partial charge in [-0.25, -0.2) is 4.68 Å². The second-order valence-corrected chi connectivity index (χ2v) is 6.59. The van der Waals surface area contributed by atoms with Crippen molar-refractivity contribution in [3.8, 4) is 16.9 Å². The smallest absolute Gasteiger partial charge is 0.254 e. The van der Waals surface area contributed by atoms with Gasteiger partial charge < -0.3 is 10.0 Å². The highest BCUT2D eigenvalue weighted by atomic mass is 16.3. The van der Waals surface area contributed by atoms with Gasteiger partial charge in [0.15, 0.2) is 0 Å². The van der Waals surface area contributed by atoms with Gasteiger partial charge in [-0.3, -0.25) is 4.79 Å². The molecule has 0 aliphatic carbocycles. The van der Waals surface area contributed by atoms with Gasteiger partial charge >= 0.3 is 0 Å². The zero-order valence-electron chi connectivity index (χ0n) is 14.5. The average molecular weight is 347 g/mol. The number of amides is 1. The SMILES string of the molecule is O=C(c1cccc(-n2nccc2-c2ccccc2)c1)N1CCCC(O)C1. The highest BCUT2D eigenvalue weighted by molar-refractivity contribution is 5.95. The molecule has 2 aromatic carbocycles. The number of nitrogens with zero attached hydrogens (tertiary/aromatic N) is 3. The first-order valence-electron chi connectivity index (χ1n) is 8.89. The molecule has 0 saturated carbocycles. The Balaban J connectivity index is 1.65. The normalized spacial score (nSPS) is 17.3. The van der Waals surface area contributed by atoms with E-state index < -0.39 is 6.10 Å². The third-order valence-electron chi connectivity index (χ3n) is 4.73. The number of carbonyl (C=O) groups excluding carboxylic acids is 1. The standard InChI is InChI=1S/C21H21N3O2/c25-19-10-5-13-23(15-19)21(26)17-8-4-9-18(14-17)24-20(11-12-22-24)16-6-2-1-3-7-16/h1-4,6-9,11-12,14,19,25H,5,10,13,15H2. The number of rotatable bonds is 3. The largest absolute Gasteiger partial charge is 0.391 e. The maximum atomic E-state index is 12.8. The summed E-state index contributed by atoms with van der Waals surface area (Å²) in [7, 11) is 0. The van der Waals surface area contributed by atoms with Gasteiger partial charge in [-0.1, -0.05) is 36.4 Å². The summed E-state index contributed by atoms with van der Waals surface area (Å²) in [5.74, 6) is -0.0426. The molecule has 1 fully saturated rings. The van der Waals surface area contributed by atoms with Gasteiger partial charge in [0, 0.05) is 24.2 Å². The zero-order chi connectivity index (χ0) is 17.9. The van der Waals surface area contributed by atoms with Gasteiger partial charge in [-0.15, -0.1) is 0 Å². The van der Waals surface area contributed by atoms with Gasteiger partial charge in [0.25, 0.3) is 5.91 Å². The predicted molar refractivity (Wildman–Crippen MR) is 100 cm³/mol. The van der Waals surface area contributed by atoms with Crippen LogP contribution < -0.4 is 0 Å². The molecular weight excluding hydrogens is 326 g/mol. The summed E-state index contributed by atoms with van der Waals surface area (Å²) >= 11 is 0. The van der Waals surface area contributed by atoms with Crippen LogP contribution in [0.2, 0.25) is 0 Å². The molecule has 1 aliphatic rings. The maximum Gasteiger partial charge on any atom is 0.254 e. The van der Waals surface area contributed by atoms with E-state index in [2.05, 4.69) is 5.10 Å². The molecule has 1 N–H and O–H groups in total. The molecule has 2 heterocycles. The lowest BCUT2D eigenvalue weighted by Gasteiger charge is -2.30. The summed E-state index contributed by atoms with van der Waals surface area (Å²) < 4.78 is 1.84. The van der Waals surface area contributed by atoms with Crippen molar-refractivity contribution >= 4 is 5.91 Å². The number of hydrogen-bond donors (Lipinski definition) is 1. The van der Waals surface area contributed by atoms with E-state index in [1.54, 1.807) is 11.1 Å². The lowest BCUT2D eigenvalue weighted by atomic mass is 10.1. The summed E-state index contributed by atoms with van der Waals surface area (Å²) in [4.78, 5) is 14.5. The Hall–Kier alpha value is -2.92. The van der Waals surface area contributed by atoms with Crippen molar-refractivity contribution in [3.63, 3.8) is 0 Å². The molecule has 1 aliphatic heterocycles. The Morgan fingerprint density at radius 1 is 1.08 bits per heavy atom. The number of benzene rings is 2. The number of aliphatic hydroxyl groups excluding tert-OH is 1. The zero-order valence-corrected chi connectivity index (χ0v) is 14.5. The molecule has 1 amide bonds. The number of aliphatic hydroxyl groups is 1. The van der Waals surface area contributed by atoms with Crippen LogP contribution in [0.15, 0.2) is 66.9 Å². The predicted octanol–water partition coefficient (Wildman–Crippen LogP) is 3.14. The van der Waals surface area contributed by atoms with Gasteiger partial charge in [0.2, 0.25) is 0 Å². The molecule has 26 heavy (non-hydrogen) atoms. The van der Waals surface area contributed by atoms with Crippen LogP contribution >= 0.6 is 0 Å². The van der Waals surface area contributed by atoms with Crippen molar-refractivity contribution < 1.29 is 9.90 Å². The Morgan fingerprint density at radius 2 is 1.92 bits per heavy atom. The summed E-state index contributed by atoms with van der Waals surface area (Å²) in [5, 5.41) is 14.3. The van der Waals surface area contributed by atoms with Crippen molar-refractivity contribution in [1.29, 1.82) is 0 Å². The molecule has 5 heteroatoms. The molecule has 1 saturated heterocycles. The number of hydrogen-bond acceptors (Lipinski definition) is 3. The number of likely N-dealkylation sites (tertiary alicyclic amines) is 1. The molecule has 1 aromatic heterocycles. The Bertz CT molecular complexity index is 904. The lowest BCUT2D eigenvalue weighted by molar-refractivity contribution is 0.0474. The van der Waals surface area contributed by atoms with E-state index in [0.717, 1.165) is 29.8 Å². The highest BCUT2D eigenvalue weighted by Gasteiger charge is 2.23. The summed E-state index contributed by atoms with van der Waals surface area (Å²) in [6.45, 7) is 1.09. The van der Waals surface area contributed by atoms with Crippen molar-refractivity contribution in [2.75, 3.05) is 13.1 Å². The van der Waals surface area contributed by atoms with E-state index in [9.17, 15) is 9.90 Å². The van der Waals surface area contributed by atoms with E-state index in [1.165, 1.54) is 0 Å². The first kappa shape index (κ1) is 16.5. The summed E-state index contributed by atoms with van der Waals surface area (Å²) in [5.41, 5.74) is 3.51. The van der Waals surface area contributed by atoms with E-state index in [1.807, 2.05) is 65.3 Å². The molecule has 0 bridgehead atoms. The molecule has 5 nitrogen and oxygen atoms in total. The molecule has 0 radical (unpaired) electrons. The molecule has 1 atom stereocenters. The van der Waals surface area contributed by atoms with Gasteiger partial charge in [-0.05, 0) is 37.1 Å². The third kappa shape index (κ3) is 3.26. The molecule has 1 unspecified atom stereocenters. The van der Waals surface area contributed by atoms with Crippen molar-refractivity contribution in [2.45, 2.75) is 18.9 Å². The lowest BCUT2D eigenvalue weighted by Crippen LogP contribution is -2.42. The Labute approximate surface area is 152 Å². The average Bonchev–Trinajstić information content (AvgIpc) is 3.18. The quantitative estimate of drug-likeness (QED) is 0.792. The van der Waals surface area contributed by atoms with Gasteiger partial charge in [0.05, 0.1) is 23.7 Å². The number of β-amino-alcohol motifs (C(OH)–C–C–N with tert-alkyl or cyclic N) is 1. The number of piperidine rings is 1.